The van der Waals surface area contributed by atoms with Crippen LogP contribution >= 0.6 is 0 Å². The van der Waals surface area contributed by atoms with Gasteiger partial charge in [0.1, 0.15) is 0 Å². The van der Waals surface area contributed by atoms with Crippen molar-refractivity contribution >= 4 is 43.4 Å². The average Bonchev–Trinajstić information content (AvgIpc) is 3.70. The van der Waals surface area contributed by atoms with Crippen molar-refractivity contribution in [1.29, 1.82) is 0 Å². The second-order valence-corrected chi connectivity index (χ2v) is 16.7. The lowest BCUT2D eigenvalue weighted by molar-refractivity contribution is 1.30. The maximum absolute atomic E-state index is 5.82. The molecule has 1 heterocycles. The Morgan fingerprint density at radius 3 is 1.00 bits per heavy atom. The fourth-order valence-corrected chi connectivity index (χ4v) is 10.6. The van der Waals surface area contributed by atoms with Crippen LogP contribution < -0.4 is 0 Å². The Bertz CT molecular complexity index is 3700. The van der Waals surface area contributed by atoms with Crippen LogP contribution in [-0.2, 0) is 0 Å². The standard InChI is InChI=1S/C62H38N2/c1-6-21-39(22-7-1)52-44-31-16-17-32-45(44)53(40-23-8-2-9-24-40)58-51-38-37-49(47-35-20-36-50(55(47)51)57(52)58)56-48-34-19-18-33-46(48)54(41-25-10-3-11-26-41)61-62(56)64-60(43-29-14-5-15-30-43)59(63-61)42-27-12-4-13-28-42/h1-38H. The summed E-state index contributed by atoms with van der Waals surface area (Å²) in [4.78, 5) is 11.6. The lowest BCUT2D eigenvalue weighted by atomic mass is 9.82. The smallest absolute Gasteiger partial charge is 0.0986 e. The van der Waals surface area contributed by atoms with Gasteiger partial charge in [-0.25, -0.2) is 9.97 Å². The molecule has 0 bridgehead atoms. The minimum atomic E-state index is 0.861. The molecule has 0 fully saturated rings. The van der Waals surface area contributed by atoms with Crippen LogP contribution in [0.25, 0.3) is 133 Å². The van der Waals surface area contributed by atoms with E-state index >= 15 is 0 Å². The molecule has 12 aromatic rings. The zero-order valence-electron chi connectivity index (χ0n) is 34.8. The molecule has 2 nitrogen and oxygen atoms in total. The summed E-state index contributed by atoms with van der Waals surface area (Å²) in [5, 5.41) is 7.26. The normalized spacial score (nSPS) is 11.8. The predicted octanol–water partition coefficient (Wildman–Crippen LogP) is 16.7. The summed E-state index contributed by atoms with van der Waals surface area (Å²) in [5.41, 5.74) is 20.0. The molecule has 1 aliphatic rings. The maximum Gasteiger partial charge on any atom is 0.0986 e. The van der Waals surface area contributed by atoms with E-state index in [-0.39, 0.29) is 0 Å². The highest BCUT2D eigenvalue weighted by Gasteiger charge is 2.32. The molecular weight excluding hydrogens is 773 g/mol. The molecule has 0 atom stereocenters. The summed E-state index contributed by atoms with van der Waals surface area (Å²) >= 11 is 0. The molecule has 0 spiro atoms. The Morgan fingerprint density at radius 2 is 0.531 bits per heavy atom. The van der Waals surface area contributed by atoms with Crippen molar-refractivity contribution < 1.29 is 0 Å². The highest BCUT2D eigenvalue weighted by atomic mass is 14.8. The van der Waals surface area contributed by atoms with Gasteiger partial charge in [-0.3, -0.25) is 0 Å². The summed E-state index contributed by atoms with van der Waals surface area (Å²) in [6, 6.07) is 83.1. The zero-order chi connectivity index (χ0) is 42.1. The minimum absolute atomic E-state index is 0.861. The zero-order valence-corrected chi connectivity index (χ0v) is 34.8. The monoisotopic (exact) mass is 810 g/mol. The fourth-order valence-electron chi connectivity index (χ4n) is 10.6. The molecule has 64 heavy (non-hydrogen) atoms. The predicted molar refractivity (Wildman–Crippen MR) is 269 cm³/mol. The summed E-state index contributed by atoms with van der Waals surface area (Å²) < 4.78 is 0. The largest absolute Gasteiger partial charge is 0.243 e. The van der Waals surface area contributed by atoms with Crippen LogP contribution in [0.5, 0.6) is 0 Å². The molecule has 2 heteroatoms. The quantitative estimate of drug-likeness (QED) is 0.156. The van der Waals surface area contributed by atoms with Gasteiger partial charge in [0.15, 0.2) is 0 Å². The van der Waals surface area contributed by atoms with Crippen molar-refractivity contribution in [1.82, 2.24) is 9.97 Å². The first-order valence-corrected chi connectivity index (χ1v) is 22.0. The molecular formula is C62H38N2. The first-order valence-electron chi connectivity index (χ1n) is 22.0. The fraction of sp³-hybridized carbons (Fsp3) is 0. The first-order chi connectivity index (χ1) is 31.8. The topological polar surface area (TPSA) is 25.8 Å². The number of nitrogens with zero attached hydrogens (tertiary/aromatic N) is 2. The van der Waals surface area contributed by atoms with Gasteiger partial charge in [-0.05, 0) is 88.0 Å². The Kier molecular flexibility index (Phi) is 8.25. The molecule has 0 saturated heterocycles. The minimum Gasteiger partial charge on any atom is -0.243 e. The Morgan fingerprint density at radius 1 is 0.203 bits per heavy atom. The number of hydrogen-bond donors (Lipinski definition) is 0. The van der Waals surface area contributed by atoms with Gasteiger partial charge in [0.2, 0.25) is 0 Å². The van der Waals surface area contributed by atoms with Crippen LogP contribution in [0.4, 0.5) is 0 Å². The highest BCUT2D eigenvalue weighted by Crippen LogP contribution is 2.59. The number of benzene rings is 11. The third kappa shape index (κ3) is 5.46. The van der Waals surface area contributed by atoms with Gasteiger partial charge in [0.25, 0.3) is 0 Å². The van der Waals surface area contributed by atoms with Crippen LogP contribution in [-0.4, -0.2) is 9.97 Å². The second-order valence-electron chi connectivity index (χ2n) is 16.7. The van der Waals surface area contributed by atoms with Crippen molar-refractivity contribution in [2.24, 2.45) is 0 Å². The van der Waals surface area contributed by atoms with Gasteiger partial charge in [-0.1, -0.05) is 231 Å². The highest BCUT2D eigenvalue weighted by molar-refractivity contribution is 6.30. The van der Waals surface area contributed by atoms with E-state index in [0.717, 1.165) is 66.6 Å². The molecule has 1 aliphatic carbocycles. The Labute approximate surface area is 371 Å². The number of fused-ring (bicyclic) bond motifs is 6. The van der Waals surface area contributed by atoms with Crippen LogP contribution in [0.1, 0.15) is 0 Å². The number of hydrogen-bond acceptors (Lipinski definition) is 2. The van der Waals surface area contributed by atoms with Crippen molar-refractivity contribution in [3.8, 4) is 89.3 Å². The first kappa shape index (κ1) is 36.2. The summed E-state index contributed by atoms with van der Waals surface area (Å²) in [7, 11) is 0. The van der Waals surface area contributed by atoms with Gasteiger partial charge >= 0.3 is 0 Å². The number of rotatable bonds is 6. The van der Waals surface area contributed by atoms with Crippen LogP contribution in [0.3, 0.4) is 0 Å². The molecule has 13 rings (SSSR count). The van der Waals surface area contributed by atoms with Crippen molar-refractivity contribution in [3.63, 3.8) is 0 Å². The van der Waals surface area contributed by atoms with Gasteiger partial charge < -0.3 is 0 Å². The molecule has 0 N–H and O–H groups in total. The van der Waals surface area contributed by atoms with Crippen LogP contribution in [0.2, 0.25) is 0 Å². The lowest BCUT2D eigenvalue weighted by Crippen LogP contribution is -2.00. The lowest BCUT2D eigenvalue weighted by Gasteiger charge is -2.20. The van der Waals surface area contributed by atoms with Gasteiger partial charge in [-0.15, -0.1) is 0 Å². The number of aromatic nitrogens is 2. The van der Waals surface area contributed by atoms with Crippen molar-refractivity contribution in [3.05, 3.63) is 231 Å². The van der Waals surface area contributed by atoms with Crippen LogP contribution in [0, 0.1) is 0 Å². The van der Waals surface area contributed by atoms with E-state index in [2.05, 4.69) is 231 Å². The average molecular weight is 811 g/mol. The van der Waals surface area contributed by atoms with Crippen LogP contribution in [0.15, 0.2) is 231 Å². The Balaban J connectivity index is 1.19. The molecule has 296 valence electrons. The molecule has 0 aliphatic heterocycles. The van der Waals surface area contributed by atoms with Crippen molar-refractivity contribution in [2.45, 2.75) is 0 Å². The third-order valence-electron chi connectivity index (χ3n) is 13.2. The van der Waals surface area contributed by atoms with E-state index in [4.69, 9.17) is 9.97 Å². The van der Waals surface area contributed by atoms with E-state index < -0.39 is 0 Å². The molecule has 0 saturated carbocycles. The molecule has 0 radical (unpaired) electrons. The van der Waals surface area contributed by atoms with Gasteiger partial charge in [0.05, 0.1) is 22.4 Å². The second kappa shape index (κ2) is 14.6. The van der Waals surface area contributed by atoms with E-state index in [9.17, 15) is 0 Å². The molecule has 11 aromatic carbocycles. The summed E-state index contributed by atoms with van der Waals surface area (Å²) in [6.07, 6.45) is 0. The summed E-state index contributed by atoms with van der Waals surface area (Å²) in [6.45, 7) is 0. The van der Waals surface area contributed by atoms with E-state index in [0.29, 0.717) is 0 Å². The maximum atomic E-state index is 5.82. The van der Waals surface area contributed by atoms with Gasteiger partial charge in [0, 0.05) is 22.3 Å². The van der Waals surface area contributed by atoms with E-state index in [1.54, 1.807) is 0 Å². The van der Waals surface area contributed by atoms with Crippen molar-refractivity contribution in [2.75, 3.05) is 0 Å². The molecule has 1 aromatic heterocycles. The molecule has 0 unspecified atom stereocenters. The Hall–Kier alpha value is -8.46. The summed E-state index contributed by atoms with van der Waals surface area (Å²) in [5.74, 6) is 0. The van der Waals surface area contributed by atoms with E-state index in [1.165, 1.54) is 66.1 Å². The van der Waals surface area contributed by atoms with E-state index in [1.807, 2.05) is 0 Å². The van der Waals surface area contributed by atoms with Gasteiger partial charge in [-0.2, -0.15) is 0 Å². The SMILES string of the molecule is c1ccc(-c2nc3c(-c4ccccc4)c4ccccc4c(-c4ccc5c6c(cccc46)-c4c-5c(-c5ccccc5)c5ccccc5c4-c4ccccc4)c3nc2-c2ccccc2)cc1. The third-order valence-corrected chi connectivity index (χ3v) is 13.2. The molecule has 0 amide bonds.